The van der Waals surface area contributed by atoms with E-state index in [2.05, 4.69) is 15.6 Å². The number of nitriles is 1. The van der Waals surface area contributed by atoms with Crippen LogP contribution in [0.4, 0.5) is 27.6 Å². The van der Waals surface area contributed by atoms with E-state index in [9.17, 15) is 31.5 Å². The van der Waals surface area contributed by atoms with E-state index in [0.29, 0.717) is 5.01 Å². The van der Waals surface area contributed by atoms with Crippen LogP contribution in [0.25, 0.3) is 0 Å². The molecule has 1 atom stereocenters. The molecule has 2 aromatic rings. The first kappa shape index (κ1) is 24.7. The second-order valence-corrected chi connectivity index (χ2v) is 8.43. The van der Waals surface area contributed by atoms with Crippen LogP contribution in [0.5, 0.6) is 0 Å². The minimum atomic E-state index is -4.61. The van der Waals surface area contributed by atoms with Gasteiger partial charge < -0.3 is 15.5 Å². The van der Waals surface area contributed by atoms with Crippen LogP contribution in [0.3, 0.4) is 0 Å². The van der Waals surface area contributed by atoms with Gasteiger partial charge in [0.1, 0.15) is 16.7 Å². The Labute approximate surface area is 193 Å². The van der Waals surface area contributed by atoms with Crippen LogP contribution in [0, 0.1) is 11.3 Å². The van der Waals surface area contributed by atoms with Gasteiger partial charge in [-0.3, -0.25) is 9.59 Å². The van der Waals surface area contributed by atoms with Crippen molar-refractivity contribution in [1.29, 1.82) is 5.26 Å². The van der Waals surface area contributed by atoms with Gasteiger partial charge in [-0.05, 0) is 18.2 Å². The number of likely N-dealkylation sites (tertiary alicyclic amines) is 1. The van der Waals surface area contributed by atoms with Crippen LogP contribution >= 0.6 is 22.9 Å². The number of benzene rings is 1. The maximum atomic E-state index is 13.4. The summed E-state index contributed by atoms with van der Waals surface area (Å²) in [5, 5.41) is 15.3. The third-order valence-electron chi connectivity index (χ3n) is 4.64. The van der Waals surface area contributed by atoms with Crippen molar-refractivity contribution in [1.82, 2.24) is 15.2 Å². The molecule has 1 fully saturated rings. The van der Waals surface area contributed by atoms with Crippen LogP contribution in [0.1, 0.15) is 27.5 Å². The standard InChI is InChI=1S/C19H15ClF5N5O2S/c20-13-2-1-10(3-12(13)19(23,24)25)27-6-15-29-14(8-33-15)17(32)28-7-16(31)30-9-18(21,22)4-11(30)5-26/h1-3,8,11,27H,4,6-7,9H2,(H,28,32)/t11-/m0/s1. The Morgan fingerprint density at radius 3 is 2.76 bits per heavy atom. The second kappa shape index (κ2) is 9.48. The van der Waals surface area contributed by atoms with Crippen molar-refractivity contribution >= 4 is 40.4 Å². The Morgan fingerprint density at radius 2 is 2.09 bits per heavy atom. The van der Waals surface area contributed by atoms with Crippen LogP contribution in [0.2, 0.25) is 5.02 Å². The van der Waals surface area contributed by atoms with Gasteiger partial charge in [0.15, 0.2) is 0 Å². The number of alkyl halides is 5. The summed E-state index contributed by atoms with van der Waals surface area (Å²) in [7, 11) is 0. The molecule has 3 rings (SSSR count). The second-order valence-electron chi connectivity index (χ2n) is 7.08. The zero-order valence-electron chi connectivity index (χ0n) is 16.5. The fourth-order valence-electron chi connectivity index (χ4n) is 3.07. The number of thiazole rings is 1. The third kappa shape index (κ3) is 6.08. The minimum absolute atomic E-state index is 0.0164. The highest BCUT2D eigenvalue weighted by Crippen LogP contribution is 2.36. The Bertz CT molecular complexity index is 1100. The lowest BCUT2D eigenvalue weighted by Crippen LogP contribution is -2.43. The number of amides is 2. The van der Waals surface area contributed by atoms with E-state index in [1.54, 1.807) is 6.07 Å². The van der Waals surface area contributed by atoms with Gasteiger partial charge in [0.05, 0.1) is 36.3 Å². The van der Waals surface area contributed by atoms with Gasteiger partial charge in [-0.1, -0.05) is 11.6 Å². The van der Waals surface area contributed by atoms with E-state index in [4.69, 9.17) is 16.9 Å². The largest absolute Gasteiger partial charge is 0.417 e. The molecule has 1 aliphatic heterocycles. The summed E-state index contributed by atoms with van der Waals surface area (Å²) in [5.41, 5.74) is -0.902. The Balaban J connectivity index is 1.55. The zero-order valence-corrected chi connectivity index (χ0v) is 18.1. The van der Waals surface area contributed by atoms with Gasteiger partial charge in [0.2, 0.25) is 5.91 Å². The quantitative estimate of drug-likeness (QED) is 0.578. The smallest absolute Gasteiger partial charge is 0.379 e. The summed E-state index contributed by atoms with van der Waals surface area (Å²) in [4.78, 5) is 29.1. The monoisotopic (exact) mass is 507 g/mol. The van der Waals surface area contributed by atoms with Gasteiger partial charge >= 0.3 is 6.18 Å². The maximum Gasteiger partial charge on any atom is 0.417 e. The first-order chi connectivity index (χ1) is 15.4. The number of nitrogens with one attached hydrogen (secondary N) is 2. The van der Waals surface area contributed by atoms with Crippen molar-refractivity contribution in [2.45, 2.75) is 31.1 Å². The minimum Gasteiger partial charge on any atom is -0.379 e. The van der Waals surface area contributed by atoms with Crippen molar-refractivity contribution in [3.05, 3.63) is 44.9 Å². The lowest BCUT2D eigenvalue weighted by atomic mass is 10.2. The topological polar surface area (TPSA) is 98.1 Å². The predicted molar refractivity (Wildman–Crippen MR) is 109 cm³/mol. The molecule has 1 aliphatic rings. The van der Waals surface area contributed by atoms with E-state index in [1.807, 2.05) is 0 Å². The molecule has 1 aromatic carbocycles. The molecule has 176 valence electrons. The number of nitrogens with zero attached hydrogens (tertiary/aromatic N) is 3. The Morgan fingerprint density at radius 1 is 1.36 bits per heavy atom. The number of hydrogen-bond donors (Lipinski definition) is 2. The average Bonchev–Trinajstić information content (AvgIpc) is 3.34. The van der Waals surface area contributed by atoms with Crippen molar-refractivity contribution in [3.8, 4) is 6.07 Å². The predicted octanol–water partition coefficient (Wildman–Crippen LogP) is 3.92. The van der Waals surface area contributed by atoms with E-state index < -0.39 is 60.1 Å². The fraction of sp³-hybridized carbons (Fsp3) is 0.368. The summed E-state index contributed by atoms with van der Waals surface area (Å²) >= 11 is 6.63. The number of carbonyl (C=O) groups is 2. The molecule has 14 heteroatoms. The normalized spacial score (nSPS) is 17.5. The van der Waals surface area contributed by atoms with Crippen molar-refractivity contribution < 1.29 is 31.5 Å². The summed E-state index contributed by atoms with van der Waals surface area (Å²) in [5.74, 6) is -4.73. The molecule has 0 bridgehead atoms. The molecule has 0 saturated carbocycles. The average molecular weight is 508 g/mol. The molecule has 2 N–H and O–H groups in total. The molecule has 2 heterocycles. The Hall–Kier alpha value is -2.98. The number of halogens is 6. The number of carbonyl (C=O) groups excluding carboxylic acids is 2. The molecule has 1 saturated heterocycles. The summed E-state index contributed by atoms with van der Waals surface area (Å²) < 4.78 is 65.7. The van der Waals surface area contributed by atoms with Crippen molar-refractivity contribution in [3.63, 3.8) is 0 Å². The van der Waals surface area contributed by atoms with E-state index in [1.165, 1.54) is 11.4 Å². The molecular weight excluding hydrogens is 493 g/mol. The highest BCUT2D eigenvalue weighted by Gasteiger charge is 2.47. The zero-order chi connectivity index (χ0) is 24.4. The molecule has 0 spiro atoms. The van der Waals surface area contributed by atoms with E-state index in [0.717, 1.165) is 28.4 Å². The van der Waals surface area contributed by atoms with Gasteiger partial charge in [-0.2, -0.15) is 18.4 Å². The van der Waals surface area contributed by atoms with E-state index in [-0.39, 0.29) is 17.9 Å². The molecule has 0 unspecified atom stereocenters. The summed E-state index contributed by atoms with van der Waals surface area (Å²) in [6.07, 6.45) is -5.37. The molecule has 0 aliphatic carbocycles. The molecule has 0 radical (unpaired) electrons. The van der Waals surface area contributed by atoms with Crippen LogP contribution < -0.4 is 10.6 Å². The SMILES string of the molecule is N#C[C@@H]1CC(F)(F)CN1C(=O)CNC(=O)c1csc(CNc2ccc(Cl)c(C(F)(F)F)c2)n1. The van der Waals surface area contributed by atoms with Gasteiger partial charge in [-0.15, -0.1) is 11.3 Å². The number of hydrogen-bond acceptors (Lipinski definition) is 6. The number of aromatic nitrogens is 1. The molecular formula is C19H15ClF5N5O2S. The number of rotatable bonds is 6. The van der Waals surface area contributed by atoms with Crippen LogP contribution in [0.15, 0.2) is 23.6 Å². The molecule has 7 nitrogen and oxygen atoms in total. The number of anilines is 1. The molecule has 1 aromatic heterocycles. The lowest BCUT2D eigenvalue weighted by molar-refractivity contribution is -0.137. The lowest BCUT2D eigenvalue weighted by Gasteiger charge is -2.19. The maximum absolute atomic E-state index is 13.4. The van der Waals surface area contributed by atoms with Crippen molar-refractivity contribution in [2.24, 2.45) is 0 Å². The molecule has 33 heavy (non-hydrogen) atoms. The van der Waals surface area contributed by atoms with Gasteiger partial charge in [-0.25, -0.2) is 13.8 Å². The summed E-state index contributed by atoms with van der Waals surface area (Å²) in [6.45, 7) is -1.47. The highest BCUT2D eigenvalue weighted by atomic mass is 35.5. The van der Waals surface area contributed by atoms with Gasteiger partial charge in [0, 0.05) is 17.5 Å². The highest BCUT2D eigenvalue weighted by molar-refractivity contribution is 7.09. The molecule has 2 amide bonds. The van der Waals surface area contributed by atoms with Crippen LogP contribution in [-0.4, -0.2) is 46.8 Å². The first-order valence-electron chi connectivity index (χ1n) is 9.30. The Kier molecular flexibility index (Phi) is 7.08. The summed E-state index contributed by atoms with van der Waals surface area (Å²) in [6, 6.07) is 3.69. The van der Waals surface area contributed by atoms with E-state index >= 15 is 0 Å². The third-order valence-corrected chi connectivity index (χ3v) is 5.82. The van der Waals surface area contributed by atoms with Crippen molar-refractivity contribution in [2.75, 3.05) is 18.4 Å². The van der Waals surface area contributed by atoms with Crippen LogP contribution in [-0.2, 0) is 17.5 Å². The first-order valence-corrected chi connectivity index (χ1v) is 10.6. The fourth-order valence-corrected chi connectivity index (χ4v) is 4.01. The van der Waals surface area contributed by atoms with Gasteiger partial charge in [0.25, 0.3) is 11.8 Å².